The Bertz CT molecular complexity index is 546. The number of carboxylic acid groups (broad SMARTS) is 1. The molecule has 2 N–H and O–H groups in total. The third-order valence-electron chi connectivity index (χ3n) is 2.91. The monoisotopic (exact) mass is 299 g/mol. The van der Waals surface area contributed by atoms with Gasteiger partial charge in [-0.3, -0.25) is 4.79 Å². The standard InChI is InChI=1S/C14H21NO4S/c1-14(2,3)12(13(16)17)15-20(18,19)10-9-11-7-5-4-6-8-11/h4-8,12,15H,9-10H2,1-3H3,(H,16,17). The molecule has 0 aliphatic heterocycles. The number of rotatable bonds is 6. The molecule has 1 unspecified atom stereocenters. The average molecular weight is 299 g/mol. The first-order chi connectivity index (χ1) is 9.12. The molecule has 0 spiro atoms. The van der Waals surface area contributed by atoms with Crippen molar-refractivity contribution in [1.29, 1.82) is 0 Å². The Hall–Kier alpha value is -1.40. The zero-order valence-corrected chi connectivity index (χ0v) is 12.8. The van der Waals surface area contributed by atoms with E-state index in [9.17, 15) is 13.2 Å². The van der Waals surface area contributed by atoms with E-state index in [2.05, 4.69) is 4.72 Å². The highest BCUT2D eigenvalue weighted by Crippen LogP contribution is 2.20. The van der Waals surface area contributed by atoms with E-state index in [1.54, 1.807) is 20.8 Å². The number of carboxylic acids is 1. The molecule has 0 fully saturated rings. The smallest absolute Gasteiger partial charge is 0.322 e. The van der Waals surface area contributed by atoms with Gasteiger partial charge in [0.1, 0.15) is 6.04 Å². The van der Waals surface area contributed by atoms with E-state index in [1.807, 2.05) is 30.3 Å². The first-order valence-electron chi connectivity index (χ1n) is 6.38. The Balaban J connectivity index is 2.72. The van der Waals surface area contributed by atoms with Crippen molar-refractivity contribution in [3.8, 4) is 0 Å². The largest absolute Gasteiger partial charge is 0.480 e. The summed E-state index contributed by atoms with van der Waals surface area (Å²) in [5.74, 6) is -1.29. The minimum atomic E-state index is -3.64. The third kappa shape index (κ3) is 5.30. The van der Waals surface area contributed by atoms with Crippen LogP contribution in [0.4, 0.5) is 0 Å². The van der Waals surface area contributed by atoms with Crippen molar-refractivity contribution in [2.24, 2.45) is 5.41 Å². The lowest BCUT2D eigenvalue weighted by molar-refractivity contribution is -0.141. The summed E-state index contributed by atoms with van der Waals surface area (Å²) in [6.07, 6.45) is 0.354. The minimum absolute atomic E-state index is 0.128. The van der Waals surface area contributed by atoms with Gasteiger partial charge < -0.3 is 5.11 Å². The van der Waals surface area contributed by atoms with Gasteiger partial charge in [0.25, 0.3) is 0 Å². The van der Waals surface area contributed by atoms with Crippen LogP contribution in [0.1, 0.15) is 26.3 Å². The quantitative estimate of drug-likeness (QED) is 0.836. The number of aryl methyl sites for hydroxylation is 1. The molecule has 0 bridgehead atoms. The number of nitrogens with one attached hydrogen (secondary N) is 1. The zero-order chi connectivity index (χ0) is 15.4. The van der Waals surface area contributed by atoms with Crippen LogP contribution in [0.2, 0.25) is 0 Å². The minimum Gasteiger partial charge on any atom is -0.480 e. The maximum Gasteiger partial charge on any atom is 0.322 e. The Morgan fingerprint density at radius 2 is 1.80 bits per heavy atom. The predicted molar refractivity (Wildman–Crippen MR) is 77.9 cm³/mol. The van der Waals surface area contributed by atoms with Gasteiger partial charge in [0.2, 0.25) is 10.0 Å². The molecule has 6 heteroatoms. The highest BCUT2D eigenvalue weighted by atomic mass is 32.2. The number of benzene rings is 1. The molecule has 0 aliphatic rings. The topological polar surface area (TPSA) is 83.5 Å². The van der Waals surface area contributed by atoms with Gasteiger partial charge in [-0.05, 0) is 17.4 Å². The molecule has 5 nitrogen and oxygen atoms in total. The first kappa shape index (κ1) is 16.7. The Kier molecular flexibility index (Phi) is 5.30. The zero-order valence-electron chi connectivity index (χ0n) is 12.0. The molecule has 0 saturated carbocycles. The molecule has 0 heterocycles. The first-order valence-corrected chi connectivity index (χ1v) is 8.04. The van der Waals surface area contributed by atoms with Gasteiger partial charge in [-0.25, -0.2) is 13.1 Å². The van der Waals surface area contributed by atoms with Crippen molar-refractivity contribution in [3.63, 3.8) is 0 Å². The molecule has 0 aromatic heterocycles. The highest BCUT2D eigenvalue weighted by molar-refractivity contribution is 7.89. The van der Waals surface area contributed by atoms with Crippen molar-refractivity contribution in [2.45, 2.75) is 33.2 Å². The van der Waals surface area contributed by atoms with Gasteiger partial charge >= 0.3 is 5.97 Å². The number of aliphatic carboxylic acids is 1. The van der Waals surface area contributed by atoms with Crippen molar-refractivity contribution in [2.75, 3.05) is 5.75 Å². The second-order valence-corrected chi connectivity index (χ2v) is 7.68. The molecule has 1 rings (SSSR count). The molecule has 0 radical (unpaired) electrons. The molecule has 0 amide bonds. The normalized spacial score (nSPS) is 13.9. The summed E-state index contributed by atoms with van der Waals surface area (Å²) in [6, 6.07) is 8.08. The lowest BCUT2D eigenvalue weighted by atomic mass is 9.88. The van der Waals surface area contributed by atoms with Crippen LogP contribution in [0.3, 0.4) is 0 Å². The Labute approximate surface area is 120 Å². The molecule has 0 saturated heterocycles. The van der Waals surface area contributed by atoms with E-state index >= 15 is 0 Å². The predicted octanol–water partition coefficient (Wildman–Crippen LogP) is 1.65. The van der Waals surface area contributed by atoms with Crippen LogP contribution in [-0.4, -0.2) is 31.3 Å². The van der Waals surface area contributed by atoms with Crippen molar-refractivity contribution in [1.82, 2.24) is 4.72 Å². The van der Waals surface area contributed by atoms with E-state index in [-0.39, 0.29) is 5.75 Å². The molecule has 1 aromatic carbocycles. The molecule has 112 valence electrons. The summed E-state index contributed by atoms with van der Waals surface area (Å²) in [5.41, 5.74) is 0.214. The Morgan fingerprint density at radius 3 is 2.25 bits per heavy atom. The summed E-state index contributed by atoms with van der Waals surface area (Å²) >= 11 is 0. The van der Waals surface area contributed by atoms with Crippen molar-refractivity contribution < 1.29 is 18.3 Å². The van der Waals surface area contributed by atoms with Crippen LogP contribution >= 0.6 is 0 Å². The summed E-state index contributed by atoms with van der Waals surface area (Å²) < 4.78 is 26.3. The fourth-order valence-corrected chi connectivity index (χ4v) is 3.17. The second-order valence-electron chi connectivity index (χ2n) is 5.81. The van der Waals surface area contributed by atoms with E-state index in [1.165, 1.54) is 0 Å². The lowest BCUT2D eigenvalue weighted by Crippen LogP contribution is -2.49. The van der Waals surface area contributed by atoms with E-state index in [0.29, 0.717) is 6.42 Å². The van der Waals surface area contributed by atoms with E-state index in [4.69, 9.17) is 5.11 Å². The van der Waals surface area contributed by atoms with Crippen LogP contribution < -0.4 is 4.72 Å². The van der Waals surface area contributed by atoms with Gasteiger partial charge in [-0.2, -0.15) is 0 Å². The lowest BCUT2D eigenvalue weighted by Gasteiger charge is -2.27. The van der Waals surface area contributed by atoms with Gasteiger partial charge in [0.15, 0.2) is 0 Å². The molecular formula is C14H21NO4S. The molecule has 20 heavy (non-hydrogen) atoms. The third-order valence-corrected chi connectivity index (χ3v) is 4.25. The van der Waals surface area contributed by atoms with Crippen LogP contribution in [0.15, 0.2) is 30.3 Å². The number of hydrogen-bond donors (Lipinski definition) is 2. The fourth-order valence-electron chi connectivity index (χ4n) is 1.73. The van der Waals surface area contributed by atoms with Crippen molar-refractivity contribution in [3.05, 3.63) is 35.9 Å². The molecule has 1 aromatic rings. The number of sulfonamides is 1. The molecular weight excluding hydrogens is 278 g/mol. The maximum atomic E-state index is 12.0. The summed E-state index contributed by atoms with van der Waals surface area (Å²) in [7, 11) is -3.64. The highest BCUT2D eigenvalue weighted by Gasteiger charge is 2.34. The van der Waals surface area contributed by atoms with Crippen LogP contribution in [0.5, 0.6) is 0 Å². The number of hydrogen-bond acceptors (Lipinski definition) is 3. The van der Waals surface area contributed by atoms with Crippen LogP contribution in [-0.2, 0) is 21.2 Å². The molecule has 1 atom stereocenters. The maximum absolute atomic E-state index is 12.0. The summed E-state index contributed by atoms with van der Waals surface area (Å²) in [6.45, 7) is 5.06. The second kappa shape index (κ2) is 6.37. The van der Waals surface area contributed by atoms with E-state index in [0.717, 1.165) is 5.56 Å². The average Bonchev–Trinajstić information content (AvgIpc) is 2.33. The van der Waals surface area contributed by atoms with Gasteiger partial charge in [-0.1, -0.05) is 51.1 Å². The Morgan fingerprint density at radius 1 is 1.25 bits per heavy atom. The van der Waals surface area contributed by atoms with Gasteiger partial charge in [0, 0.05) is 0 Å². The number of carbonyl (C=O) groups is 1. The summed E-state index contributed by atoms with van der Waals surface area (Å²) in [5, 5.41) is 9.13. The molecule has 0 aliphatic carbocycles. The van der Waals surface area contributed by atoms with Crippen LogP contribution in [0.25, 0.3) is 0 Å². The fraction of sp³-hybridized carbons (Fsp3) is 0.500. The van der Waals surface area contributed by atoms with E-state index < -0.39 is 27.4 Å². The summed E-state index contributed by atoms with van der Waals surface area (Å²) in [4.78, 5) is 11.2. The van der Waals surface area contributed by atoms with Gasteiger partial charge in [0.05, 0.1) is 5.75 Å². The SMILES string of the molecule is CC(C)(C)C(NS(=O)(=O)CCc1ccccc1)C(=O)O. The van der Waals surface area contributed by atoms with Crippen molar-refractivity contribution >= 4 is 16.0 Å². The van der Waals surface area contributed by atoms with Gasteiger partial charge in [-0.15, -0.1) is 0 Å². The van der Waals surface area contributed by atoms with Crippen LogP contribution in [0, 0.1) is 5.41 Å².